The largest absolute Gasteiger partial charge is 0.453 e. The number of rotatable bonds is 6. The zero-order valence-corrected chi connectivity index (χ0v) is 23.4. The summed E-state index contributed by atoms with van der Waals surface area (Å²) in [7, 11) is -3.77. The first-order chi connectivity index (χ1) is 19.8. The normalized spacial score (nSPS) is 21.1. The molecule has 1 saturated carbocycles. The lowest BCUT2D eigenvalue weighted by Gasteiger charge is -2.32. The van der Waals surface area contributed by atoms with Crippen molar-refractivity contribution in [2.75, 3.05) is 24.4 Å². The molecule has 3 fully saturated rings. The fourth-order valence-electron chi connectivity index (χ4n) is 6.25. The number of benzene rings is 2. The second-order valence-corrected chi connectivity index (χ2v) is 13.1. The molecular weight excluding hydrogens is 549 g/mol. The number of hydrogen-bond acceptors (Lipinski definition) is 8. The average Bonchev–Trinajstić information content (AvgIpc) is 3.38. The van der Waals surface area contributed by atoms with Crippen LogP contribution in [0, 0.1) is 17.1 Å². The lowest BCUT2D eigenvalue weighted by molar-refractivity contribution is -0.0196. The van der Waals surface area contributed by atoms with Gasteiger partial charge >= 0.3 is 0 Å². The van der Waals surface area contributed by atoms with E-state index in [9.17, 15) is 22.9 Å². The Bertz CT molecular complexity index is 1670. The molecule has 1 spiro atoms. The van der Waals surface area contributed by atoms with Gasteiger partial charge in [-0.1, -0.05) is 19.3 Å². The van der Waals surface area contributed by atoms with Crippen LogP contribution in [0.5, 0.6) is 11.5 Å². The number of fused-ring (bicyclic) bond motifs is 1. The zero-order valence-electron chi connectivity index (χ0n) is 22.6. The van der Waals surface area contributed by atoms with E-state index < -0.39 is 26.8 Å². The first-order valence-corrected chi connectivity index (χ1v) is 15.6. The van der Waals surface area contributed by atoms with Crippen LogP contribution >= 0.6 is 0 Å². The summed E-state index contributed by atoms with van der Waals surface area (Å²) in [6, 6.07) is 8.60. The Hall–Kier alpha value is -3.53. The van der Waals surface area contributed by atoms with Crippen molar-refractivity contribution in [3.05, 3.63) is 58.4 Å². The van der Waals surface area contributed by atoms with E-state index in [4.69, 9.17) is 9.47 Å². The van der Waals surface area contributed by atoms with Crippen molar-refractivity contribution in [2.24, 2.45) is 0 Å². The van der Waals surface area contributed by atoms with E-state index in [1.165, 1.54) is 24.5 Å². The summed E-state index contributed by atoms with van der Waals surface area (Å²) in [6.07, 6.45) is 7.74. The SMILES string of the molecule is N#Cc1c(NS(=O)(=O)C2CCCCC2)ccc(F)c1Oc1ccc2ncn([C@H]3COC4(CCNCC4)C3)c(=O)c2c1. The van der Waals surface area contributed by atoms with Crippen LogP contribution in [0.25, 0.3) is 10.9 Å². The van der Waals surface area contributed by atoms with Crippen molar-refractivity contribution in [1.29, 1.82) is 5.26 Å². The van der Waals surface area contributed by atoms with Crippen LogP contribution in [0.4, 0.5) is 10.1 Å². The number of halogens is 1. The molecule has 3 heterocycles. The Morgan fingerprint density at radius 3 is 2.71 bits per heavy atom. The molecule has 0 amide bonds. The Morgan fingerprint density at radius 1 is 1.17 bits per heavy atom. The highest BCUT2D eigenvalue weighted by atomic mass is 32.2. The Labute approximate surface area is 237 Å². The van der Waals surface area contributed by atoms with E-state index in [-0.39, 0.29) is 39.6 Å². The van der Waals surface area contributed by atoms with E-state index in [1.54, 1.807) is 10.6 Å². The third-order valence-corrected chi connectivity index (χ3v) is 10.4. The van der Waals surface area contributed by atoms with Crippen LogP contribution in [-0.2, 0) is 14.8 Å². The van der Waals surface area contributed by atoms with E-state index >= 15 is 0 Å². The second kappa shape index (κ2) is 11.0. The summed E-state index contributed by atoms with van der Waals surface area (Å²) in [4.78, 5) is 18.0. The van der Waals surface area contributed by atoms with E-state index in [0.29, 0.717) is 25.0 Å². The summed E-state index contributed by atoms with van der Waals surface area (Å²) in [5.74, 6) is -1.13. The number of nitrogens with zero attached hydrogens (tertiary/aromatic N) is 3. The molecule has 2 aliphatic heterocycles. The van der Waals surface area contributed by atoms with Gasteiger partial charge in [0.1, 0.15) is 17.4 Å². The van der Waals surface area contributed by atoms with Gasteiger partial charge in [-0.25, -0.2) is 17.8 Å². The van der Waals surface area contributed by atoms with Crippen LogP contribution in [0.1, 0.15) is 63.0 Å². The molecule has 6 rings (SSSR count). The average molecular weight is 582 g/mol. The van der Waals surface area contributed by atoms with Crippen LogP contribution in [-0.4, -0.2) is 48.5 Å². The van der Waals surface area contributed by atoms with Gasteiger partial charge in [0.05, 0.1) is 46.4 Å². The van der Waals surface area contributed by atoms with Gasteiger partial charge in [-0.2, -0.15) is 5.26 Å². The lowest BCUT2D eigenvalue weighted by atomic mass is 9.88. The Balaban J connectivity index is 1.29. The van der Waals surface area contributed by atoms with Crippen molar-refractivity contribution >= 4 is 26.6 Å². The number of sulfonamides is 1. The smallest absolute Gasteiger partial charge is 0.261 e. The summed E-state index contributed by atoms with van der Waals surface area (Å²) in [6.45, 7) is 2.18. The Morgan fingerprint density at radius 2 is 1.95 bits per heavy atom. The highest BCUT2D eigenvalue weighted by Gasteiger charge is 2.42. The predicted molar refractivity (Wildman–Crippen MR) is 151 cm³/mol. The van der Waals surface area contributed by atoms with Gasteiger partial charge in [0.25, 0.3) is 5.56 Å². The van der Waals surface area contributed by atoms with Crippen molar-refractivity contribution in [3.8, 4) is 17.6 Å². The number of hydrogen-bond donors (Lipinski definition) is 2. The number of aromatic nitrogens is 2. The molecule has 2 saturated heterocycles. The maximum atomic E-state index is 15.0. The third kappa shape index (κ3) is 5.41. The van der Waals surface area contributed by atoms with Gasteiger partial charge in [-0.05, 0) is 75.5 Å². The molecule has 0 bridgehead atoms. The molecule has 0 radical (unpaired) electrons. The predicted octanol–water partition coefficient (Wildman–Crippen LogP) is 4.36. The van der Waals surface area contributed by atoms with E-state index in [1.807, 2.05) is 6.07 Å². The molecule has 3 aromatic rings. The van der Waals surface area contributed by atoms with Gasteiger partial charge in [0.15, 0.2) is 11.6 Å². The number of piperidine rings is 1. The van der Waals surface area contributed by atoms with E-state index in [0.717, 1.165) is 57.7 Å². The molecule has 1 aliphatic carbocycles. The molecular formula is C29H32FN5O5S. The maximum Gasteiger partial charge on any atom is 0.261 e. The molecule has 0 unspecified atom stereocenters. The fraction of sp³-hybridized carbons (Fsp3) is 0.483. The summed E-state index contributed by atoms with van der Waals surface area (Å²) >= 11 is 0. The fourth-order valence-corrected chi connectivity index (χ4v) is 7.85. The topological polar surface area (TPSA) is 135 Å². The molecule has 12 heteroatoms. The maximum absolute atomic E-state index is 15.0. The molecule has 41 heavy (non-hydrogen) atoms. The number of ether oxygens (including phenoxy) is 2. The Kier molecular flexibility index (Phi) is 7.44. The summed E-state index contributed by atoms with van der Waals surface area (Å²) in [5.41, 5.74) is -0.376. The van der Waals surface area contributed by atoms with E-state index in [2.05, 4.69) is 15.0 Å². The summed E-state index contributed by atoms with van der Waals surface area (Å²) < 4.78 is 57.0. The summed E-state index contributed by atoms with van der Waals surface area (Å²) in [5, 5.41) is 12.9. The van der Waals surface area contributed by atoms with Crippen LogP contribution in [0.3, 0.4) is 0 Å². The van der Waals surface area contributed by atoms with Gasteiger partial charge in [0, 0.05) is 0 Å². The second-order valence-electron chi connectivity index (χ2n) is 11.2. The number of nitriles is 1. The van der Waals surface area contributed by atoms with Crippen molar-refractivity contribution in [1.82, 2.24) is 14.9 Å². The molecule has 2 N–H and O–H groups in total. The minimum absolute atomic E-state index is 0.0487. The quantitative estimate of drug-likeness (QED) is 0.439. The zero-order chi connectivity index (χ0) is 28.6. The van der Waals surface area contributed by atoms with Gasteiger partial charge in [-0.3, -0.25) is 14.1 Å². The monoisotopic (exact) mass is 581 g/mol. The minimum Gasteiger partial charge on any atom is -0.453 e. The van der Waals surface area contributed by atoms with Crippen molar-refractivity contribution < 1.29 is 22.3 Å². The first-order valence-electron chi connectivity index (χ1n) is 14.1. The molecule has 10 nitrogen and oxygen atoms in total. The standard InChI is InChI=1S/C29H32FN5O5S/c30-24-7-9-26(34-41(37,38)21-4-2-1-3-5-21)23(16-31)27(24)40-20-6-8-25-22(14-20)28(36)35(18-33-25)19-15-29(39-17-19)10-12-32-13-11-29/h6-9,14,18-19,21,32,34H,1-5,10-13,15,17H2/t19-/m1/s1. The lowest BCUT2D eigenvalue weighted by Crippen LogP contribution is -2.41. The van der Waals surface area contributed by atoms with Gasteiger partial charge in [-0.15, -0.1) is 0 Å². The molecule has 2 aromatic carbocycles. The number of anilines is 1. The first kappa shape index (κ1) is 27.6. The molecule has 1 atom stereocenters. The highest BCUT2D eigenvalue weighted by molar-refractivity contribution is 7.93. The minimum atomic E-state index is -3.77. The van der Waals surface area contributed by atoms with Crippen molar-refractivity contribution in [3.63, 3.8) is 0 Å². The molecule has 3 aliphatic rings. The number of nitrogens with one attached hydrogen (secondary N) is 2. The van der Waals surface area contributed by atoms with Crippen molar-refractivity contribution in [2.45, 2.75) is 68.3 Å². The van der Waals surface area contributed by atoms with Gasteiger partial charge in [0.2, 0.25) is 10.0 Å². The van der Waals surface area contributed by atoms with Crippen LogP contribution in [0.2, 0.25) is 0 Å². The molecule has 216 valence electrons. The van der Waals surface area contributed by atoms with Crippen LogP contribution in [0.15, 0.2) is 41.5 Å². The highest BCUT2D eigenvalue weighted by Crippen LogP contribution is 2.39. The molecule has 1 aromatic heterocycles. The third-order valence-electron chi connectivity index (χ3n) is 8.54. The van der Waals surface area contributed by atoms with Crippen LogP contribution < -0.4 is 20.3 Å². The van der Waals surface area contributed by atoms with Gasteiger partial charge < -0.3 is 14.8 Å².